The summed E-state index contributed by atoms with van der Waals surface area (Å²) in [6.45, 7) is 0. The Morgan fingerprint density at radius 3 is 2.63 bits per heavy atom. The van der Waals surface area contributed by atoms with E-state index in [0.717, 1.165) is 30.2 Å². The van der Waals surface area contributed by atoms with Crippen LogP contribution < -0.4 is 11.1 Å². The second-order valence-electron chi connectivity index (χ2n) is 4.88. The molecule has 0 aromatic heterocycles. The van der Waals surface area contributed by atoms with Crippen molar-refractivity contribution in [1.29, 1.82) is 0 Å². The highest BCUT2D eigenvalue weighted by atomic mass is 79.9. The molecule has 0 aliphatic heterocycles. The topological polar surface area (TPSA) is 55.1 Å². The Bertz CT molecular complexity index is 498. The van der Waals surface area contributed by atoms with E-state index < -0.39 is 0 Å². The minimum absolute atomic E-state index is 0.0829. The molecule has 0 radical (unpaired) electrons. The largest absolute Gasteiger partial charge is 0.389 e. The second-order valence-corrected chi connectivity index (χ2v) is 6.23. The van der Waals surface area contributed by atoms with E-state index in [1.807, 2.05) is 18.2 Å². The summed E-state index contributed by atoms with van der Waals surface area (Å²) >= 11 is 8.40. The highest BCUT2D eigenvalue weighted by Crippen LogP contribution is 2.26. The van der Waals surface area contributed by atoms with Gasteiger partial charge in [0.2, 0.25) is 5.91 Å². The molecule has 3 N–H and O–H groups in total. The van der Waals surface area contributed by atoms with Crippen LogP contribution in [0.1, 0.15) is 37.7 Å². The van der Waals surface area contributed by atoms with Crippen LogP contribution in [0.15, 0.2) is 22.7 Å². The van der Waals surface area contributed by atoms with E-state index >= 15 is 0 Å². The predicted molar refractivity (Wildman–Crippen MR) is 85.2 cm³/mol. The van der Waals surface area contributed by atoms with Gasteiger partial charge < -0.3 is 11.1 Å². The Balaban J connectivity index is 2.13. The van der Waals surface area contributed by atoms with Gasteiger partial charge in [-0.25, -0.2) is 0 Å². The summed E-state index contributed by atoms with van der Waals surface area (Å²) in [5.41, 5.74) is 7.10. The average molecular weight is 341 g/mol. The van der Waals surface area contributed by atoms with Gasteiger partial charge in [0.15, 0.2) is 0 Å². The maximum Gasteiger partial charge on any atom is 0.227 e. The van der Waals surface area contributed by atoms with Crippen LogP contribution in [0.25, 0.3) is 0 Å². The standard InChI is InChI=1S/C14H17BrN2OS/c15-10-6-7-12(11(8-10)13(16)19)17-14(18)9-4-2-1-3-5-9/h6-9H,1-5H2,(H2,16,19)(H,17,18). The summed E-state index contributed by atoms with van der Waals surface area (Å²) in [6, 6.07) is 5.54. The van der Waals surface area contributed by atoms with Gasteiger partial charge in [0.1, 0.15) is 4.99 Å². The third-order valence-electron chi connectivity index (χ3n) is 3.48. The summed E-state index contributed by atoms with van der Waals surface area (Å²) in [4.78, 5) is 12.5. The van der Waals surface area contributed by atoms with E-state index in [9.17, 15) is 4.79 Å². The van der Waals surface area contributed by atoms with Crippen molar-refractivity contribution in [2.24, 2.45) is 11.7 Å². The van der Waals surface area contributed by atoms with Crippen molar-refractivity contribution >= 4 is 44.7 Å². The first-order chi connectivity index (χ1) is 9.08. The number of amides is 1. The van der Waals surface area contributed by atoms with Gasteiger partial charge in [0.05, 0.1) is 5.69 Å². The maximum atomic E-state index is 12.2. The van der Waals surface area contributed by atoms with Gasteiger partial charge >= 0.3 is 0 Å². The molecular weight excluding hydrogens is 324 g/mol. The molecule has 19 heavy (non-hydrogen) atoms. The molecule has 5 heteroatoms. The zero-order chi connectivity index (χ0) is 13.8. The van der Waals surface area contributed by atoms with E-state index in [-0.39, 0.29) is 11.8 Å². The third kappa shape index (κ3) is 3.76. The summed E-state index contributed by atoms with van der Waals surface area (Å²) in [7, 11) is 0. The summed E-state index contributed by atoms with van der Waals surface area (Å²) in [6.07, 6.45) is 5.47. The van der Waals surface area contributed by atoms with Crippen molar-refractivity contribution in [3.63, 3.8) is 0 Å². The molecular formula is C14H17BrN2OS. The Hall–Kier alpha value is -0.940. The number of nitrogens with one attached hydrogen (secondary N) is 1. The lowest BCUT2D eigenvalue weighted by Gasteiger charge is -2.21. The molecule has 1 aromatic rings. The molecule has 0 saturated heterocycles. The van der Waals surface area contributed by atoms with Gasteiger partial charge in [-0.15, -0.1) is 0 Å². The molecule has 3 nitrogen and oxygen atoms in total. The molecule has 1 aliphatic rings. The number of rotatable bonds is 3. The zero-order valence-electron chi connectivity index (χ0n) is 10.6. The Labute approximate surface area is 127 Å². The van der Waals surface area contributed by atoms with Crippen LogP contribution in [0.3, 0.4) is 0 Å². The number of hydrogen-bond acceptors (Lipinski definition) is 2. The molecule has 0 bridgehead atoms. The number of halogens is 1. The van der Waals surface area contributed by atoms with Gasteiger partial charge in [-0.3, -0.25) is 4.79 Å². The van der Waals surface area contributed by atoms with Crippen LogP contribution in [-0.4, -0.2) is 10.9 Å². The highest BCUT2D eigenvalue weighted by molar-refractivity contribution is 9.10. The SMILES string of the molecule is NC(=S)c1cc(Br)ccc1NC(=O)C1CCCCC1. The number of anilines is 1. The van der Waals surface area contributed by atoms with Crippen molar-refractivity contribution in [3.8, 4) is 0 Å². The van der Waals surface area contributed by atoms with Crippen LogP contribution >= 0.6 is 28.1 Å². The summed E-state index contributed by atoms with van der Waals surface area (Å²) in [5.74, 6) is 0.205. The van der Waals surface area contributed by atoms with E-state index in [2.05, 4.69) is 21.2 Å². The predicted octanol–water partition coefficient (Wildman–Crippen LogP) is 3.60. The first-order valence-electron chi connectivity index (χ1n) is 6.48. The third-order valence-corrected chi connectivity index (χ3v) is 4.19. The van der Waals surface area contributed by atoms with Crippen LogP contribution in [0.4, 0.5) is 5.69 Å². The van der Waals surface area contributed by atoms with E-state index in [1.165, 1.54) is 6.42 Å². The van der Waals surface area contributed by atoms with Crippen LogP contribution in [0.5, 0.6) is 0 Å². The zero-order valence-corrected chi connectivity index (χ0v) is 13.0. The van der Waals surface area contributed by atoms with Gasteiger partial charge in [0.25, 0.3) is 0 Å². The number of hydrogen-bond donors (Lipinski definition) is 2. The Morgan fingerprint density at radius 2 is 2.00 bits per heavy atom. The van der Waals surface area contributed by atoms with Crippen LogP contribution in [-0.2, 0) is 4.79 Å². The first-order valence-corrected chi connectivity index (χ1v) is 7.68. The fourth-order valence-electron chi connectivity index (χ4n) is 2.43. The van der Waals surface area contributed by atoms with Crippen molar-refractivity contribution in [2.75, 3.05) is 5.32 Å². The molecule has 2 rings (SSSR count). The lowest BCUT2D eigenvalue weighted by Crippen LogP contribution is -2.26. The second kappa shape index (κ2) is 6.48. The Morgan fingerprint density at radius 1 is 1.32 bits per heavy atom. The molecule has 1 amide bonds. The smallest absolute Gasteiger partial charge is 0.227 e. The molecule has 0 heterocycles. The minimum Gasteiger partial charge on any atom is -0.389 e. The molecule has 0 unspecified atom stereocenters. The summed E-state index contributed by atoms with van der Waals surface area (Å²) in [5, 5.41) is 2.96. The van der Waals surface area contributed by atoms with E-state index in [0.29, 0.717) is 16.2 Å². The van der Waals surface area contributed by atoms with Crippen molar-refractivity contribution in [2.45, 2.75) is 32.1 Å². The fraction of sp³-hybridized carbons (Fsp3) is 0.429. The van der Waals surface area contributed by atoms with Crippen LogP contribution in [0, 0.1) is 5.92 Å². The monoisotopic (exact) mass is 340 g/mol. The van der Waals surface area contributed by atoms with Crippen molar-refractivity contribution < 1.29 is 4.79 Å². The van der Waals surface area contributed by atoms with Gasteiger partial charge in [-0.1, -0.05) is 47.4 Å². The van der Waals surface area contributed by atoms with Gasteiger partial charge in [0, 0.05) is 16.0 Å². The number of benzene rings is 1. The average Bonchev–Trinajstić information content (AvgIpc) is 2.41. The first kappa shape index (κ1) is 14.5. The van der Waals surface area contributed by atoms with Gasteiger partial charge in [-0.05, 0) is 31.0 Å². The molecule has 1 aliphatic carbocycles. The molecule has 0 atom stereocenters. The summed E-state index contributed by atoms with van der Waals surface area (Å²) < 4.78 is 0.894. The minimum atomic E-state index is 0.0829. The maximum absolute atomic E-state index is 12.2. The van der Waals surface area contributed by atoms with E-state index in [1.54, 1.807) is 0 Å². The normalized spacial score (nSPS) is 16.1. The molecule has 1 aromatic carbocycles. The lowest BCUT2D eigenvalue weighted by atomic mass is 9.88. The molecule has 1 saturated carbocycles. The van der Waals surface area contributed by atoms with Crippen LogP contribution in [0.2, 0.25) is 0 Å². The van der Waals surface area contributed by atoms with E-state index in [4.69, 9.17) is 18.0 Å². The molecule has 102 valence electrons. The van der Waals surface area contributed by atoms with Crippen molar-refractivity contribution in [3.05, 3.63) is 28.2 Å². The number of carbonyl (C=O) groups is 1. The quantitative estimate of drug-likeness (QED) is 0.826. The molecule has 1 fully saturated rings. The highest BCUT2D eigenvalue weighted by Gasteiger charge is 2.22. The lowest BCUT2D eigenvalue weighted by molar-refractivity contribution is -0.120. The number of nitrogens with two attached hydrogens (primary N) is 1. The number of thiocarbonyl (C=S) groups is 1. The molecule has 0 spiro atoms. The fourth-order valence-corrected chi connectivity index (χ4v) is 2.96. The van der Waals surface area contributed by atoms with Crippen molar-refractivity contribution in [1.82, 2.24) is 0 Å². The number of carbonyl (C=O) groups excluding carboxylic acids is 1. The van der Waals surface area contributed by atoms with Gasteiger partial charge in [-0.2, -0.15) is 0 Å². The Kier molecular flexibility index (Phi) is 4.93.